The molecule has 1 aromatic rings. The third-order valence-electron chi connectivity index (χ3n) is 3.90. The Kier molecular flexibility index (Phi) is 3.64. The van der Waals surface area contributed by atoms with Gasteiger partial charge in [-0.25, -0.2) is 0 Å². The normalized spacial score (nSPS) is 19.4. The summed E-state index contributed by atoms with van der Waals surface area (Å²) >= 11 is 0. The summed E-state index contributed by atoms with van der Waals surface area (Å²) in [6, 6.07) is 4.03. The Morgan fingerprint density at radius 2 is 1.90 bits per heavy atom. The molecule has 112 valence electrons. The molecule has 0 N–H and O–H groups in total. The zero-order valence-electron chi connectivity index (χ0n) is 11.3. The number of benzene rings is 1. The van der Waals surface area contributed by atoms with Crippen LogP contribution in [0.1, 0.15) is 12.8 Å². The fraction of sp³-hybridized carbons (Fsp3) is 0.429. The second-order valence-corrected chi connectivity index (χ2v) is 5.13. The SMILES string of the molecule is O=[N+]([O-])c1ccc(N2CCC(C3OC=CO3)CC2)cc1F. The Labute approximate surface area is 120 Å². The number of anilines is 1. The van der Waals surface area contributed by atoms with Crippen molar-refractivity contribution >= 4 is 11.4 Å². The number of rotatable bonds is 3. The Hall–Kier alpha value is -2.31. The van der Waals surface area contributed by atoms with Crippen molar-refractivity contribution in [2.75, 3.05) is 18.0 Å². The average molecular weight is 294 g/mol. The molecule has 0 saturated carbocycles. The lowest BCUT2D eigenvalue weighted by Crippen LogP contribution is -2.38. The van der Waals surface area contributed by atoms with E-state index in [-0.39, 0.29) is 6.29 Å². The van der Waals surface area contributed by atoms with E-state index >= 15 is 0 Å². The molecular formula is C14H15FN2O4. The first-order valence-electron chi connectivity index (χ1n) is 6.80. The number of piperidine rings is 1. The van der Waals surface area contributed by atoms with E-state index in [0.717, 1.165) is 25.9 Å². The zero-order chi connectivity index (χ0) is 14.8. The minimum Gasteiger partial charge on any atom is -0.459 e. The van der Waals surface area contributed by atoms with Crippen molar-refractivity contribution in [2.24, 2.45) is 5.92 Å². The highest BCUT2D eigenvalue weighted by Crippen LogP contribution is 2.30. The van der Waals surface area contributed by atoms with Gasteiger partial charge in [0, 0.05) is 36.8 Å². The summed E-state index contributed by atoms with van der Waals surface area (Å²) in [5.41, 5.74) is 0.176. The first kappa shape index (κ1) is 13.7. The highest BCUT2D eigenvalue weighted by molar-refractivity contribution is 5.52. The summed E-state index contributed by atoms with van der Waals surface area (Å²) in [5.74, 6) is -0.495. The molecule has 1 aromatic carbocycles. The highest BCUT2D eigenvalue weighted by atomic mass is 19.1. The van der Waals surface area contributed by atoms with Crippen LogP contribution < -0.4 is 4.90 Å². The minimum atomic E-state index is -0.800. The third kappa shape index (κ3) is 2.76. The predicted molar refractivity (Wildman–Crippen MR) is 73.1 cm³/mol. The Balaban J connectivity index is 1.64. The molecule has 2 heterocycles. The van der Waals surface area contributed by atoms with Crippen LogP contribution in [0.2, 0.25) is 0 Å². The number of hydrogen-bond donors (Lipinski definition) is 0. The lowest BCUT2D eigenvalue weighted by Gasteiger charge is -2.35. The third-order valence-corrected chi connectivity index (χ3v) is 3.90. The average Bonchev–Trinajstić information content (AvgIpc) is 3.01. The summed E-state index contributed by atoms with van der Waals surface area (Å²) in [7, 11) is 0. The van der Waals surface area contributed by atoms with Crippen molar-refractivity contribution in [3.63, 3.8) is 0 Å². The molecule has 0 aromatic heterocycles. The standard InChI is InChI=1S/C14H15FN2O4/c15-12-9-11(1-2-13(12)17(18)19)16-5-3-10(4-6-16)14-20-7-8-21-14/h1-2,7-10,14H,3-6H2. The van der Waals surface area contributed by atoms with Crippen molar-refractivity contribution in [1.29, 1.82) is 0 Å². The molecule has 0 atom stereocenters. The van der Waals surface area contributed by atoms with E-state index in [2.05, 4.69) is 0 Å². The zero-order valence-corrected chi connectivity index (χ0v) is 11.3. The highest BCUT2D eigenvalue weighted by Gasteiger charge is 2.30. The van der Waals surface area contributed by atoms with Gasteiger partial charge in [-0.3, -0.25) is 10.1 Å². The molecule has 1 saturated heterocycles. The van der Waals surface area contributed by atoms with Crippen LogP contribution in [0.3, 0.4) is 0 Å². The van der Waals surface area contributed by atoms with Crippen LogP contribution in [0.5, 0.6) is 0 Å². The van der Waals surface area contributed by atoms with Gasteiger partial charge in [-0.15, -0.1) is 0 Å². The van der Waals surface area contributed by atoms with Crippen LogP contribution in [0.15, 0.2) is 30.7 Å². The van der Waals surface area contributed by atoms with Gasteiger partial charge in [-0.2, -0.15) is 4.39 Å². The largest absolute Gasteiger partial charge is 0.459 e. The van der Waals surface area contributed by atoms with Gasteiger partial charge >= 0.3 is 5.69 Å². The summed E-state index contributed by atoms with van der Waals surface area (Å²) in [5, 5.41) is 10.6. The summed E-state index contributed by atoms with van der Waals surface area (Å²) in [6.07, 6.45) is 4.60. The summed E-state index contributed by atoms with van der Waals surface area (Å²) < 4.78 is 24.3. The van der Waals surface area contributed by atoms with Crippen LogP contribution in [-0.4, -0.2) is 24.3 Å². The van der Waals surface area contributed by atoms with E-state index in [0.29, 0.717) is 11.6 Å². The molecule has 0 bridgehead atoms. The lowest BCUT2D eigenvalue weighted by atomic mass is 9.95. The van der Waals surface area contributed by atoms with Crippen molar-refractivity contribution in [1.82, 2.24) is 0 Å². The van der Waals surface area contributed by atoms with Crippen LogP contribution in [0.25, 0.3) is 0 Å². The van der Waals surface area contributed by atoms with E-state index in [9.17, 15) is 14.5 Å². The number of hydrogen-bond acceptors (Lipinski definition) is 5. The van der Waals surface area contributed by atoms with Gasteiger partial charge < -0.3 is 14.4 Å². The summed E-state index contributed by atoms with van der Waals surface area (Å²) in [6.45, 7) is 1.48. The topological polar surface area (TPSA) is 64.8 Å². The van der Waals surface area contributed by atoms with Gasteiger partial charge in [0.05, 0.1) is 4.92 Å². The van der Waals surface area contributed by atoms with E-state index in [1.165, 1.54) is 12.1 Å². The maximum atomic E-state index is 13.7. The molecule has 0 radical (unpaired) electrons. The number of ether oxygens (including phenoxy) is 2. The molecule has 1 fully saturated rings. The molecule has 2 aliphatic heterocycles. The van der Waals surface area contributed by atoms with E-state index < -0.39 is 16.4 Å². The van der Waals surface area contributed by atoms with E-state index in [4.69, 9.17) is 9.47 Å². The number of nitrogens with zero attached hydrogens (tertiary/aromatic N) is 2. The first-order chi connectivity index (χ1) is 10.1. The van der Waals surface area contributed by atoms with Gasteiger partial charge in [0.2, 0.25) is 12.1 Å². The fourth-order valence-electron chi connectivity index (χ4n) is 2.74. The van der Waals surface area contributed by atoms with Crippen LogP contribution in [0.4, 0.5) is 15.8 Å². The number of nitro benzene ring substituents is 1. The second-order valence-electron chi connectivity index (χ2n) is 5.13. The molecule has 0 spiro atoms. The fourth-order valence-corrected chi connectivity index (χ4v) is 2.74. The Morgan fingerprint density at radius 3 is 2.48 bits per heavy atom. The predicted octanol–water partition coefficient (Wildman–Crippen LogP) is 2.79. The molecule has 0 aliphatic carbocycles. The Morgan fingerprint density at radius 1 is 1.24 bits per heavy atom. The minimum absolute atomic E-state index is 0.222. The van der Waals surface area contributed by atoms with Crippen molar-refractivity contribution in [3.05, 3.63) is 46.7 Å². The van der Waals surface area contributed by atoms with Crippen LogP contribution in [-0.2, 0) is 9.47 Å². The number of nitro groups is 1. The van der Waals surface area contributed by atoms with Gasteiger partial charge in [-0.05, 0) is 18.9 Å². The molecule has 21 heavy (non-hydrogen) atoms. The molecule has 0 amide bonds. The Bertz CT molecular complexity index is 562. The van der Waals surface area contributed by atoms with Gasteiger partial charge in [0.1, 0.15) is 12.5 Å². The summed E-state index contributed by atoms with van der Waals surface area (Å²) in [4.78, 5) is 11.9. The molecule has 0 unspecified atom stereocenters. The van der Waals surface area contributed by atoms with Crippen molar-refractivity contribution < 1.29 is 18.8 Å². The second kappa shape index (κ2) is 5.59. The number of halogens is 1. The molecule has 6 nitrogen and oxygen atoms in total. The monoisotopic (exact) mass is 294 g/mol. The first-order valence-corrected chi connectivity index (χ1v) is 6.80. The van der Waals surface area contributed by atoms with Gasteiger partial charge in [0.25, 0.3) is 0 Å². The van der Waals surface area contributed by atoms with Crippen LogP contribution >= 0.6 is 0 Å². The van der Waals surface area contributed by atoms with Gasteiger partial charge in [0.15, 0.2) is 0 Å². The molecular weight excluding hydrogens is 279 g/mol. The van der Waals surface area contributed by atoms with Gasteiger partial charge in [-0.1, -0.05) is 0 Å². The molecule has 3 rings (SSSR count). The molecule has 2 aliphatic rings. The van der Waals surface area contributed by atoms with E-state index in [1.54, 1.807) is 18.6 Å². The smallest absolute Gasteiger partial charge is 0.304 e. The quantitative estimate of drug-likeness (QED) is 0.633. The van der Waals surface area contributed by atoms with Crippen molar-refractivity contribution in [3.8, 4) is 0 Å². The lowest BCUT2D eigenvalue weighted by molar-refractivity contribution is -0.387. The molecule has 7 heteroatoms. The maximum Gasteiger partial charge on any atom is 0.304 e. The maximum absolute atomic E-state index is 13.7. The van der Waals surface area contributed by atoms with E-state index in [1.807, 2.05) is 4.90 Å². The van der Waals surface area contributed by atoms with Crippen LogP contribution in [0, 0.1) is 21.8 Å². The van der Waals surface area contributed by atoms with Crippen molar-refractivity contribution in [2.45, 2.75) is 19.1 Å².